The zero-order chi connectivity index (χ0) is 28.3. The second-order valence-electron chi connectivity index (χ2n) is 8.46. The molecule has 2 atom stereocenters. The van der Waals surface area contributed by atoms with Crippen LogP contribution < -0.4 is 10.1 Å². The van der Waals surface area contributed by atoms with Gasteiger partial charge in [0, 0.05) is 12.1 Å². The van der Waals surface area contributed by atoms with Gasteiger partial charge in [-0.3, -0.25) is 10.1 Å². The largest absolute Gasteiger partial charge is 0.445 e. The molecule has 0 bridgehead atoms. The highest BCUT2D eigenvalue weighted by Crippen LogP contribution is 2.25. The fourth-order valence-electron chi connectivity index (χ4n) is 3.71. The van der Waals surface area contributed by atoms with Crippen molar-refractivity contribution < 1.29 is 33.5 Å². The fraction of sp³-hybridized carbons (Fsp3) is 0.100. The van der Waals surface area contributed by atoms with E-state index in [9.17, 15) is 24.5 Å². The second-order valence-corrected chi connectivity index (χ2v) is 8.46. The van der Waals surface area contributed by atoms with Crippen molar-refractivity contribution in [3.63, 3.8) is 0 Å². The highest BCUT2D eigenvalue weighted by Gasteiger charge is 2.37. The van der Waals surface area contributed by atoms with Crippen molar-refractivity contribution >= 4 is 23.7 Å². The summed E-state index contributed by atoms with van der Waals surface area (Å²) < 4.78 is 16.4. The number of carbonyl (C=O) groups excluding carboxylic acids is 3. The third kappa shape index (κ3) is 7.51. The number of nitrogens with zero attached hydrogens (tertiary/aromatic N) is 1. The predicted molar refractivity (Wildman–Crippen MR) is 143 cm³/mol. The number of amides is 1. The van der Waals surface area contributed by atoms with E-state index in [4.69, 9.17) is 14.2 Å². The summed E-state index contributed by atoms with van der Waals surface area (Å²) in [7, 11) is 0. The summed E-state index contributed by atoms with van der Waals surface area (Å²) in [4.78, 5) is 49.7. The van der Waals surface area contributed by atoms with Crippen LogP contribution in [0.3, 0.4) is 0 Å². The van der Waals surface area contributed by atoms with Gasteiger partial charge in [-0.2, -0.15) is 0 Å². The van der Waals surface area contributed by atoms with E-state index in [1.54, 1.807) is 72.8 Å². The number of hydrogen-bond donors (Lipinski definition) is 1. The minimum atomic E-state index is -1.66. The molecule has 0 aromatic heterocycles. The van der Waals surface area contributed by atoms with Crippen LogP contribution in [0.1, 0.15) is 27.5 Å². The predicted octanol–water partition coefficient (Wildman–Crippen LogP) is 5.39. The van der Waals surface area contributed by atoms with Crippen LogP contribution in [0.15, 0.2) is 115 Å². The molecule has 4 rings (SSSR count). The summed E-state index contributed by atoms with van der Waals surface area (Å²) in [5.41, 5.74) is 1.16. The lowest BCUT2D eigenvalue weighted by Crippen LogP contribution is -2.44. The Balaban J connectivity index is 1.62. The van der Waals surface area contributed by atoms with Crippen molar-refractivity contribution in [3.8, 4) is 5.75 Å². The molecular formula is C30H24N2O8. The van der Waals surface area contributed by atoms with E-state index in [1.165, 1.54) is 36.4 Å². The SMILES string of the molecule is O=C(N[C@@H](c1ccccc1)[C@@H](OC(=O)c1ccccc1)C(=O)Oc1ccc([N+](=O)[O-])cc1)OCc1ccccc1. The lowest BCUT2D eigenvalue weighted by molar-refractivity contribution is -0.384. The number of esters is 2. The smallest absolute Gasteiger partial charge is 0.408 e. The topological polar surface area (TPSA) is 134 Å². The fourth-order valence-corrected chi connectivity index (χ4v) is 3.71. The maximum Gasteiger partial charge on any atom is 0.408 e. The molecule has 0 aliphatic carbocycles. The lowest BCUT2D eigenvalue weighted by Gasteiger charge is -2.26. The number of non-ortho nitro benzene ring substituents is 1. The Kier molecular flexibility index (Phi) is 9.17. The third-order valence-electron chi connectivity index (χ3n) is 5.69. The summed E-state index contributed by atoms with van der Waals surface area (Å²) in [6, 6.07) is 29.0. The van der Waals surface area contributed by atoms with E-state index < -0.39 is 35.1 Å². The van der Waals surface area contributed by atoms with E-state index in [2.05, 4.69) is 5.32 Å². The number of nitro benzene ring substituents is 1. The maximum absolute atomic E-state index is 13.4. The summed E-state index contributed by atoms with van der Waals surface area (Å²) in [6.07, 6.45) is -2.52. The number of nitro groups is 1. The standard InChI is InChI=1S/C30H24N2O8/c33-28(23-14-8-3-9-15-23)40-27(29(34)39-25-18-16-24(17-19-25)32(36)37)26(22-12-6-2-7-13-22)31-30(35)38-20-21-10-4-1-5-11-21/h1-19,26-27H,20H2,(H,31,35)/t26-,27+/m0/s1. The van der Waals surface area contributed by atoms with Crippen molar-refractivity contribution in [2.45, 2.75) is 18.8 Å². The van der Waals surface area contributed by atoms with Gasteiger partial charge in [-0.05, 0) is 35.4 Å². The lowest BCUT2D eigenvalue weighted by atomic mass is 10.0. The summed E-state index contributed by atoms with van der Waals surface area (Å²) in [6.45, 7) is -0.0319. The Morgan fingerprint density at radius 2 is 1.35 bits per heavy atom. The van der Waals surface area contributed by atoms with E-state index >= 15 is 0 Å². The molecule has 4 aromatic carbocycles. The number of alkyl carbamates (subject to hydrolysis) is 1. The van der Waals surface area contributed by atoms with Gasteiger partial charge in [-0.25, -0.2) is 14.4 Å². The Morgan fingerprint density at radius 3 is 1.95 bits per heavy atom. The minimum Gasteiger partial charge on any atom is -0.445 e. The van der Waals surface area contributed by atoms with Gasteiger partial charge >= 0.3 is 18.0 Å². The number of hydrogen-bond acceptors (Lipinski definition) is 8. The van der Waals surface area contributed by atoms with E-state index in [-0.39, 0.29) is 23.6 Å². The Morgan fingerprint density at radius 1 is 0.775 bits per heavy atom. The molecule has 0 heterocycles. The quantitative estimate of drug-likeness (QED) is 0.122. The summed E-state index contributed by atoms with van der Waals surface area (Å²) in [5, 5.41) is 13.6. The molecule has 1 amide bonds. The molecule has 0 aliphatic heterocycles. The average Bonchev–Trinajstić information content (AvgIpc) is 2.99. The molecule has 10 nitrogen and oxygen atoms in total. The van der Waals surface area contributed by atoms with Gasteiger partial charge in [0.15, 0.2) is 0 Å². The first-order chi connectivity index (χ1) is 19.4. The van der Waals surface area contributed by atoms with E-state index in [0.29, 0.717) is 5.56 Å². The van der Waals surface area contributed by atoms with E-state index in [1.807, 2.05) is 6.07 Å². The highest BCUT2D eigenvalue weighted by atomic mass is 16.6. The van der Waals surface area contributed by atoms with Gasteiger partial charge in [0.1, 0.15) is 18.4 Å². The minimum absolute atomic E-state index is 0.0187. The molecule has 4 aromatic rings. The Hall–Kier alpha value is -5.51. The molecule has 40 heavy (non-hydrogen) atoms. The molecule has 0 radical (unpaired) electrons. The van der Waals surface area contributed by atoms with Crippen molar-refractivity contribution in [1.29, 1.82) is 0 Å². The number of ether oxygens (including phenoxy) is 3. The van der Waals surface area contributed by atoms with Crippen molar-refractivity contribution in [1.82, 2.24) is 5.32 Å². The zero-order valence-corrected chi connectivity index (χ0v) is 21.0. The Labute approximate surface area is 229 Å². The van der Waals surface area contributed by atoms with Crippen LogP contribution in [-0.2, 0) is 20.9 Å². The number of benzene rings is 4. The third-order valence-corrected chi connectivity index (χ3v) is 5.69. The van der Waals surface area contributed by atoms with Crippen LogP contribution in [0.2, 0.25) is 0 Å². The highest BCUT2D eigenvalue weighted by molar-refractivity contribution is 5.92. The Bertz CT molecular complexity index is 1450. The molecule has 10 heteroatoms. The first kappa shape index (κ1) is 27.5. The monoisotopic (exact) mass is 540 g/mol. The number of nitrogens with one attached hydrogen (secondary N) is 1. The molecule has 202 valence electrons. The number of carbonyl (C=O) groups is 3. The van der Waals surface area contributed by atoms with Gasteiger partial charge < -0.3 is 19.5 Å². The first-order valence-electron chi connectivity index (χ1n) is 12.1. The van der Waals surface area contributed by atoms with Crippen LogP contribution in [-0.4, -0.2) is 29.1 Å². The summed E-state index contributed by atoms with van der Waals surface area (Å²) >= 11 is 0. The van der Waals surface area contributed by atoms with Crippen molar-refractivity contribution in [2.75, 3.05) is 0 Å². The van der Waals surface area contributed by atoms with Crippen molar-refractivity contribution in [3.05, 3.63) is 142 Å². The maximum atomic E-state index is 13.4. The molecule has 0 spiro atoms. The van der Waals surface area contributed by atoms with Gasteiger partial charge in [0.2, 0.25) is 6.10 Å². The first-order valence-corrected chi connectivity index (χ1v) is 12.1. The molecule has 0 fully saturated rings. The number of rotatable bonds is 10. The molecule has 1 N–H and O–H groups in total. The van der Waals surface area contributed by atoms with E-state index in [0.717, 1.165) is 5.56 Å². The average molecular weight is 541 g/mol. The summed E-state index contributed by atoms with van der Waals surface area (Å²) in [5.74, 6) is -1.86. The molecule has 0 unspecified atom stereocenters. The second kappa shape index (κ2) is 13.3. The van der Waals surface area contributed by atoms with Gasteiger partial charge in [0.25, 0.3) is 5.69 Å². The molecule has 0 saturated heterocycles. The van der Waals surface area contributed by atoms with Crippen LogP contribution in [0, 0.1) is 10.1 Å². The van der Waals surface area contributed by atoms with Crippen LogP contribution in [0.4, 0.5) is 10.5 Å². The van der Waals surface area contributed by atoms with Crippen LogP contribution >= 0.6 is 0 Å². The zero-order valence-electron chi connectivity index (χ0n) is 21.0. The van der Waals surface area contributed by atoms with Crippen LogP contribution in [0.25, 0.3) is 0 Å². The normalized spacial score (nSPS) is 11.9. The van der Waals surface area contributed by atoms with Gasteiger partial charge in [-0.15, -0.1) is 0 Å². The van der Waals surface area contributed by atoms with Gasteiger partial charge in [-0.1, -0.05) is 78.9 Å². The van der Waals surface area contributed by atoms with Gasteiger partial charge in [0.05, 0.1) is 10.5 Å². The molecular weight excluding hydrogens is 516 g/mol. The van der Waals surface area contributed by atoms with Crippen LogP contribution in [0.5, 0.6) is 5.75 Å². The molecule has 0 aliphatic rings. The molecule has 0 saturated carbocycles. The van der Waals surface area contributed by atoms with Crippen molar-refractivity contribution in [2.24, 2.45) is 0 Å².